The van der Waals surface area contributed by atoms with Crippen LogP contribution in [0.15, 0.2) is 64.0 Å². The number of anilines is 1. The molecule has 0 bridgehead atoms. The summed E-state index contributed by atoms with van der Waals surface area (Å²) in [6.45, 7) is 1.60. The molecule has 0 atom stereocenters. The van der Waals surface area contributed by atoms with E-state index in [1.165, 1.54) is 0 Å². The van der Waals surface area contributed by atoms with Crippen molar-refractivity contribution in [1.82, 2.24) is 9.62 Å². The Kier molecular flexibility index (Phi) is 7.09. The number of nitrogens with one attached hydrogen (secondary N) is 2. The Bertz CT molecular complexity index is 898. The van der Waals surface area contributed by atoms with Crippen molar-refractivity contribution >= 4 is 37.7 Å². The smallest absolute Gasteiger partial charge is 0.319 e. The van der Waals surface area contributed by atoms with E-state index in [0.29, 0.717) is 30.4 Å². The average molecular weight is 466 g/mol. The quantitative estimate of drug-likeness (QED) is 0.674. The van der Waals surface area contributed by atoms with Crippen molar-refractivity contribution in [2.75, 3.05) is 25.0 Å². The SMILES string of the molecule is O=C(NCCC1CCN(S(=O)(=O)c2ccccc2)CC1)Nc1ccccc1Br. The first-order chi connectivity index (χ1) is 13.5. The van der Waals surface area contributed by atoms with E-state index in [-0.39, 0.29) is 6.03 Å². The van der Waals surface area contributed by atoms with Crippen LogP contribution in [-0.4, -0.2) is 38.4 Å². The number of nitrogens with zero attached hydrogens (tertiary/aromatic N) is 1. The highest BCUT2D eigenvalue weighted by molar-refractivity contribution is 9.10. The van der Waals surface area contributed by atoms with E-state index < -0.39 is 10.0 Å². The summed E-state index contributed by atoms with van der Waals surface area (Å²) in [5, 5.41) is 5.68. The highest BCUT2D eigenvalue weighted by atomic mass is 79.9. The maximum absolute atomic E-state index is 12.7. The molecule has 2 aromatic carbocycles. The van der Waals surface area contributed by atoms with Gasteiger partial charge in [0.1, 0.15) is 0 Å². The Hall–Kier alpha value is -1.90. The maximum atomic E-state index is 12.7. The van der Waals surface area contributed by atoms with Gasteiger partial charge in [-0.2, -0.15) is 4.31 Å². The third-order valence-electron chi connectivity index (χ3n) is 4.91. The number of sulfonamides is 1. The summed E-state index contributed by atoms with van der Waals surface area (Å²) in [7, 11) is -3.41. The Morgan fingerprint density at radius 3 is 2.36 bits per heavy atom. The molecule has 1 fully saturated rings. The zero-order valence-corrected chi connectivity index (χ0v) is 17.9. The number of piperidine rings is 1. The van der Waals surface area contributed by atoms with Crippen LogP contribution in [0, 0.1) is 5.92 Å². The number of para-hydroxylation sites is 1. The number of carbonyl (C=O) groups is 1. The van der Waals surface area contributed by atoms with E-state index in [1.807, 2.05) is 30.3 Å². The van der Waals surface area contributed by atoms with Crippen LogP contribution in [0.25, 0.3) is 0 Å². The normalized spacial score (nSPS) is 15.9. The number of amides is 2. The molecule has 0 unspecified atom stereocenters. The minimum atomic E-state index is -3.41. The molecule has 8 heteroatoms. The molecule has 0 saturated carbocycles. The molecule has 0 aromatic heterocycles. The lowest BCUT2D eigenvalue weighted by Crippen LogP contribution is -2.39. The van der Waals surface area contributed by atoms with Crippen LogP contribution in [0.1, 0.15) is 19.3 Å². The molecule has 1 aliphatic heterocycles. The molecule has 6 nitrogen and oxygen atoms in total. The van der Waals surface area contributed by atoms with Gasteiger partial charge in [0.25, 0.3) is 0 Å². The Labute approximate surface area is 174 Å². The molecule has 2 aromatic rings. The van der Waals surface area contributed by atoms with Crippen LogP contribution in [-0.2, 0) is 10.0 Å². The lowest BCUT2D eigenvalue weighted by molar-refractivity contribution is 0.245. The van der Waals surface area contributed by atoms with Gasteiger partial charge < -0.3 is 10.6 Å². The molecule has 150 valence electrons. The third kappa shape index (κ3) is 5.33. The molecule has 2 amide bonds. The van der Waals surface area contributed by atoms with Gasteiger partial charge >= 0.3 is 6.03 Å². The first kappa shape index (κ1) is 20.8. The predicted molar refractivity (Wildman–Crippen MR) is 114 cm³/mol. The highest BCUT2D eigenvalue weighted by Gasteiger charge is 2.29. The molecule has 1 saturated heterocycles. The van der Waals surface area contributed by atoms with Crippen molar-refractivity contribution in [3.8, 4) is 0 Å². The summed E-state index contributed by atoms with van der Waals surface area (Å²) >= 11 is 3.40. The summed E-state index contributed by atoms with van der Waals surface area (Å²) in [5.74, 6) is 0.408. The van der Waals surface area contributed by atoms with Crippen LogP contribution in [0.2, 0.25) is 0 Å². The fourth-order valence-corrected chi connectivity index (χ4v) is 5.17. The highest BCUT2D eigenvalue weighted by Crippen LogP contribution is 2.25. The van der Waals surface area contributed by atoms with E-state index in [1.54, 1.807) is 28.6 Å². The molecule has 0 spiro atoms. The summed E-state index contributed by atoms with van der Waals surface area (Å²) < 4.78 is 27.7. The zero-order valence-electron chi connectivity index (χ0n) is 15.5. The van der Waals surface area contributed by atoms with Gasteiger partial charge in [0.05, 0.1) is 10.6 Å². The first-order valence-corrected chi connectivity index (χ1v) is 11.5. The summed E-state index contributed by atoms with van der Waals surface area (Å²) in [5.41, 5.74) is 0.722. The van der Waals surface area contributed by atoms with Crippen LogP contribution < -0.4 is 10.6 Å². The number of rotatable bonds is 6. The van der Waals surface area contributed by atoms with E-state index in [2.05, 4.69) is 26.6 Å². The predicted octanol–water partition coefficient (Wildman–Crippen LogP) is 4.06. The number of hydrogen-bond acceptors (Lipinski definition) is 3. The standard InChI is InChI=1S/C20H24BrN3O3S/c21-18-8-4-5-9-19(18)23-20(25)22-13-10-16-11-14-24(15-12-16)28(26,27)17-6-2-1-3-7-17/h1-9,16H,10-15H2,(H2,22,23,25). The number of carbonyl (C=O) groups excluding carboxylic acids is 1. The average Bonchev–Trinajstić information content (AvgIpc) is 2.71. The van der Waals surface area contributed by atoms with E-state index in [9.17, 15) is 13.2 Å². The zero-order chi connectivity index (χ0) is 20.0. The first-order valence-electron chi connectivity index (χ1n) is 9.31. The van der Waals surface area contributed by atoms with Crippen molar-refractivity contribution in [2.24, 2.45) is 5.92 Å². The topological polar surface area (TPSA) is 78.5 Å². The van der Waals surface area contributed by atoms with Gasteiger partial charge in [0, 0.05) is 24.1 Å². The molecule has 2 N–H and O–H groups in total. The minimum absolute atomic E-state index is 0.240. The van der Waals surface area contributed by atoms with Crippen molar-refractivity contribution in [2.45, 2.75) is 24.2 Å². The fourth-order valence-electron chi connectivity index (χ4n) is 3.30. The van der Waals surface area contributed by atoms with E-state index >= 15 is 0 Å². The van der Waals surface area contributed by atoms with Gasteiger partial charge in [0.2, 0.25) is 10.0 Å². The Morgan fingerprint density at radius 2 is 1.68 bits per heavy atom. The van der Waals surface area contributed by atoms with Gasteiger partial charge in [0.15, 0.2) is 0 Å². The summed E-state index contributed by atoms with van der Waals surface area (Å²) in [6, 6.07) is 15.8. The maximum Gasteiger partial charge on any atom is 0.319 e. The van der Waals surface area contributed by atoms with Gasteiger partial charge in [-0.05, 0) is 65.4 Å². The summed E-state index contributed by atoms with van der Waals surface area (Å²) in [6.07, 6.45) is 2.45. The van der Waals surface area contributed by atoms with Crippen LogP contribution in [0.5, 0.6) is 0 Å². The van der Waals surface area contributed by atoms with Crippen molar-refractivity contribution in [3.05, 3.63) is 59.1 Å². The van der Waals surface area contributed by atoms with Gasteiger partial charge in [-0.25, -0.2) is 13.2 Å². The second-order valence-electron chi connectivity index (χ2n) is 6.81. The number of urea groups is 1. The minimum Gasteiger partial charge on any atom is -0.338 e. The van der Waals surface area contributed by atoms with Crippen molar-refractivity contribution in [3.63, 3.8) is 0 Å². The molecule has 3 rings (SSSR count). The lowest BCUT2D eigenvalue weighted by atomic mass is 9.95. The van der Waals surface area contributed by atoms with E-state index in [0.717, 1.165) is 29.4 Å². The fraction of sp³-hybridized carbons (Fsp3) is 0.350. The van der Waals surface area contributed by atoms with Gasteiger partial charge in [-0.1, -0.05) is 30.3 Å². The Morgan fingerprint density at radius 1 is 1.04 bits per heavy atom. The number of hydrogen-bond donors (Lipinski definition) is 2. The Balaban J connectivity index is 1.41. The molecule has 1 heterocycles. The summed E-state index contributed by atoms with van der Waals surface area (Å²) in [4.78, 5) is 12.4. The van der Waals surface area contributed by atoms with E-state index in [4.69, 9.17) is 0 Å². The monoisotopic (exact) mass is 465 g/mol. The van der Waals surface area contributed by atoms with Crippen LogP contribution >= 0.6 is 15.9 Å². The second-order valence-corrected chi connectivity index (χ2v) is 9.60. The van der Waals surface area contributed by atoms with Crippen molar-refractivity contribution < 1.29 is 13.2 Å². The molecule has 0 aliphatic carbocycles. The molecule has 28 heavy (non-hydrogen) atoms. The van der Waals surface area contributed by atoms with Gasteiger partial charge in [-0.3, -0.25) is 0 Å². The lowest BCUT2D eigenvalue weighted by Gasteiger charge is -2.31. The second kappa shape index (κ2) is 9.54. The van der Waals surface area contributed by atoms with Crippen molar-refractivity contribution in [1.29, 1.82) is 0 Å². The van der Waals surface area contributed by atoms with Gasteiger partial charge in [-0.15, -0.1) is 0 Å². The number of benzene rings is 2. The molecule has 1 aliphatic rings. The third-order valence-corrected chi connectivity index (χ3v) is 7.52. The van der Waals surface area contributed by atoms with Crippen LogP contribution in [0.3, 0.4) is 0 Å². The molecular formula is C20H24BrN3O3S. The molecule has 0 radical (unpaired) electrons. The number of halogens is 1. The largest absolute Gasteiger partial charge is 0.338 e. The molecular weight excluding hydrogens is 442 g/mol. The van der Waals surface area contributed by atoms with Crippen LogP contribution in [0.4, 0.5) is 10.5 Å².